The van der Waals surface area contributed by atoms with E-state index in [1.807, 2.05) is 0 Å². The third-order valence-electron chi connectivity index (χ3n) is 3.60. The van der Waals surface area contributed by atoms with Gasteiger partial charge in [-0.15, -0.1) is 0 Å². The molecule has 2 atom stereocenters. The third kappa shape index (κ3) is 2.29. The Hall–Kier alpha value is -1.54. The molecule has 112 valence electrons. The van der Waals surface area contributed by atoms with Crippen LogP contribution in [0, 0.1) is 5.92 Å². The first kappa shape index (κ1) is 14.9. The zero-order valence-corrected chi connectivity index (χ0v) is 11.2. The number of amidine groups is 1. The maximum absolute atomic E-state index is 13.1. The Labute approximate surface area is 114 Å². The van der Waals surface area contributed by atoms with Gasteiger partial charge in [0.2, 0.25) is 0 Å². The summed E-state index contributed by atoms with van der Waals surface area (Å²) >= 11 is 0. The summed E-state index contributed by atoms with van der Waals surface area (Å²) in [6.07, 6.45) is -3.07. The highest BCUT2D eigenvalue weighted by Crippen LogP contribution is 2.40. The summed E-state index contributed by atoms with van der Waals surface area (Å²) in [5.74, 6) is -0.0899. The molecule has 0 spiro atoms. The first-order chi connectivity index (χ1) is 9.20. The fourth-order valence-corrected chi connectivity index (χ4v) is 2.54. The molecule has 0 radical (unpaired) electrons. The number of rotatable bonds is 3. The van der Waals surface area contributed by atoms with Crippen LogP contribution in [0.5, 0.6) is 0 Å². The van der Waals surface area contributed by atoms with E-state index >= 15 is 0 Å². The number of nitrogens with zero attached hydrogens (tertiary/aromatic N) is 1. The lowest BCUT2D eigenvalue weighted by atomic mass is 9.75. The normalized spacial score (nSPS) is 27.7. The average molecular weight is 290 g/mol. The van der Waals surface area contributed by atoms with Gasteiger partial charge in [0.15, 0.2) is 0 Å². The minimum absolute atomic E-state index is 0.0382. The summed E-state index contributed by atoms with van der Waals surface area (Å²) in [7, 11) is 1.47. The molecule has 5 nitrogen and oxygen atoms in total. The van der Waals surface area contributed by atoms with Crippen molar-refractivity contribution in [3.8, 4) is 0 Å². The van der Waals surface area contributed by atoms with Crippen LogP contribution in [0.1, 0.15) is 6.92 Å². The molecule has 0 amide bonds. The number of nitrogens with two attached hydrogens (primary N) is 2. The number of ether oxygens (including phenoxy) is 1. The third-order valence-corrected chi connectivity index (χ3v) is 3.60. The summed E-state index contributed by atoms with van der Waals surface area (Å²) < 4.78 is 44.4. The fraction of sp³-hybridized carbons (Fsp3) is 0.583. The Morgan fingerprint density at radius 3 is 2.75 bits per heavy atom. The number of methoxy groups -OCH3 is 1. The second-order valence-electron chi connectivity index (χ2n) is 5.03. The van der Waals surface area contributed by atoms with Crippen molar-refractivity contribution >= 4 is 5.84 Å². The summed E-state index contributed by atoms with van der Waals surface area (Å²) in [6, 6.07) is 0. The van der Waals surface area contributed by atoms with Gasteiger partial charge in [-0.3, -0.25) is 4.99 Å². The number of hydrogen-bond acceptors (Lipinski definition) is 5. The van der Waals surface area contributed by atoms with Crippen molar-refractivity contribution in [3.63, 3.8) is 0 Å². The predicted octanol–water partition coefficient (Wildman–Crippen LogP) is 0.641. The van der Waals surface area contributed by atoms with E-state index in [-0.39, 0.29) is 29.8 Å². The smallest absolute Gasteiger partial charge is 0.385 e. The van der Waals surface area contributed by atoms with E-state index in [2.05, 4.69) is 10.3 Å². The molecule has 0 fully saturated rings. The molecule has 0 saturated heterocycles. The molecule has 2 heterocycles. The zero-order valence-electron chi connectivity index (χ0n) is 11.2. The second-order valence-corrected chi connectivity index (χ2v) is 5.03. The standard InChI is InChI=1S/C12H17F3N4O/c1-6(5-20-2)11(17)3-8(16)19-10-9(11)7(4-18-10)12(13,14)15/h3,6H,4-5,16-17H2,1-2H3,(H,18,19). The van der Waals surface area contributed by atoms with Crippen molar-refractivity contribution in [1.82, 2.24) is 5.32 Å². The maximum Gasteiger partial charge on any atom is 0.414 e. The number of hydrogen-bond donors (Lipinski definition) is 3. The Kier molecular flexibility index (Phi) is 3.55. The number of alkyl halides is 3. The summed E-state index contributed by atoms with van der Waals surface area (Å²) in [4.78, 5) is 3.86. The number of nitrogens with one attached hydrogen (secondary N) is 1. The lowest BCUT2D eigenvalue weighted by Gasteiger charge is -2.39. The van der Waals surface area contributed by atoms with Gasteiger partial charge in [-0.05, 0) is 6.08 Å². The van der Waals surface area contributed by atoms with Gasteiger partial charge < -0.3 is 21.5 Å². The first-order valence-electron chi connectivity index (χ1n) is 6.09. The fourth-order valence-electron chi connectivity index (χ4n) is 2.54. The van der Waals surface area contributed by atoms with Crippen LogP contribution in [-0.4, -0.2) is 37.8 Å². The van der Waals surface area contributed by atoms with Crippen molar-refractivity contribution in [1.29, 1.82) is 0 Å². The SMILES string of the molecule is COCC(C)C1(N)C=C(N)NC2=NCC(C(F)(F)F)=C21. The molecule has 2 unspecified atom stereocenters. The Morgan fingerprint density at radius 1 is 1.55 bits per heavy atom. The minimum atomic E-state index is -4.47. The largest absolute Gasteiger partial charge is 0.414 e. The van der Waals surface area contributed by atoms with Gasteiger partial charge in [-0.1, -0.05) is 6.92 Å². The molecular weight excluding hydrogens is 273 g/mol. The first-order valence-corrected chi connectivity index (χ1v) is 6.09. The van der Waals surface area contributed by atoms with Gasteiger partial charge in [0.25, 0.3) is 0 Å². The molecule has 5 N–H and O–H groups in total. The monoisotopic (exact) mass is 290 g/mol. The van der Waals surface area contributed by atoms with Gasteiger partial charge in [-0.2, -0.15) is 13.2 Å². The van der Waals surface area contributed by atoms with E-state index in [1.54, 1.807) is 6.92 Å². The van der Waals surface area contributed by atoms with Crippen molar-refractivity contribution in [3.05, 3.63) is 23.0 Å². The number of halogens is 3. The number of aliphatic imine (C=N–C) groups is 1. The topological polar surface area (TPSA) is 85.7 Å². The van der Waals surface area contributed by atoms with E-state index < -0.39 is 23.8 Å². The van der Waals surface area contributed by atoms with E-state index in [1.165, 1.54) is 13.2 Å². The van der Waals surface area contributed by atoms with E-state index in [0.29, 0.717) is 0 Å². The van der Waals surface area contributed by atoms with Crippen molar-refractivity contribution in [2.75, 3.05) is 20.3 Å². The van der Waals surface area contributed by atoms with E-state index in [4.69, 9.17) is 16.2 Å². The van der Waals surface area contributed by atoms with Crippen LogP contribution in [0.25, 0.3) is 0 Å². The molecule has 0 aromatic carbocycles. The molecule has 0 aromatic heterocycles. The van der Waals surface area contributed by atoms with Gasteiger partial charge in [0.05, 0.1) is 30.1 Å². The number of fused-ring (bicyclic) bond motifs is 1. The highest BCUT2D eigenvalue weighted by Gasteiger charge is 2.49. The van der Waals surface area contributed by atoms with Gasteiger partial charge in [0.1, 0.15) is 5.84 Å². The lowest BCUT2D eigenvalue weighted by Crippen LogP contribution is -2.56. The van der Waals surface area contributed by atoms with Gasteiger partial charge in [0, 0.05) is 18.6 Å². The Balaban J connectivity index is 2.57. The predicted molar refractivity (Wildman–Crippen MR) is 68.7 cm³/mol. The van der Waals surface area contributed by atoms with Crippen LogP contribution in [0.3, 0.4) is 0 Å². The van der Waals surface area contributed by atoms with Crippen molar-refractivity contribution in [2.24, 2.45) is 22.4 Å². The summed E-state index contributed by atoms with van der Waals surface area (Å²) in [5.41, 5.74) is 9.81. The second kappa shape index (κ2) is 4.78. The molecule has 0 aromatic rings. The average Bonchev–Trinajstić information content (AvgIpc) is 2.73. The van der Waals surface area contributed by atoms with Crippen LogP contribution in [-0.2, 0) is 4.74 Å². The highest BCUT2D eigenvalue weighted by atomic mass is 19.4. The molecule has 2 rings (SSSR count). The molecule has 8 heteroatoms. The quantitative estimate of drug-likeness (QED) is 0.712. The van der Waals surface area contributed by atoms with Crippen LogP contribution in [0.15, 0.2) is 28.0 Å². The lowest BCUT2D eigenvalue weighted by molar-refractivity contribution is -0.0928. The van der Waals surface area contributed by atoms with E-state index in [0.717, 1.165) is 0 Å². The van der Waals surface area contributed by atoms with Gasteiger partial charge >= 0.3 is 6.18 Å². The molecule has 0 bridgehead atoms. The molecule has 0 saturated carbocycles. The molecule has 2 aliphatic heterocycles. The highest BCUT2D eigenvalue weighted by molar-refractivity contribution is 6.05. The Bertz CT molecular complexity index is 509. The molecular formula is C12H17F3N4O. The zero-order chi connectivity index (χ0) is 15.1. The van der Waals surface area contributed by atoms with Crippen LogP contribution in [0.4, 0.5) is 13.2 Å². The molecule has 20 heavy (non-hydrogen) atoms. The summed E-state index contributed by atoms with van der Waals surface area (Å²) in [5, 5.41) is 2.64. The maximum atomic E-state index is 13.1. The van der Waals surface area contributed by atoms with Gasteiger partial charge in [-0.25, -0.2) is 0 Å². The minimum Gasteiger partial charge on any atom is -0.385 e. The summed E-state index contributed by atoms with van der Waals surface area (Å²) in [6.45, 7) is 1.48. The van der Waals surface area contributed by atoms with Crippen LogP contribution in [0.2, 0.25) is 0 Å². The van der Waals surface area contributed by atoms with Crippen LogP contribution >= 0.6 is 0 Å². The molecule has 0 aliphatic carbocycles. The van der Waals surface area contributed by atoms with Crippen LogP contribution < -0.4 is 16.8 Å². The van der Waals surface area contributed by atoms with Crippen molar-refractivity contribution < 1.29 is 17.9 Å². The van der Waals surface area contributed by atoms with Crippen molar-refractivity contribution in [2.45, 2.75) is 18.6 Å². The van der Waals surface area contributed by atoms with E-state index in [9.17, 15) is 13.2 Å². The Morgan fingerprint density at radius 2 is 2.20 bits per heavy atom. The molecule has 2 aliphatic rings.